The quantitative estimate of drug-likeness (QED) is 0.0486. The van der Waals surface area contributed by atoms with Crippen molar-refractivity contribution < 1.29 is 133 Å². The molecule has 31 atom stereocenters. The molecule has 9 rings (SSSR count). The SMILES string of the molecule is CC(=O)N[C@H]1[C@H](O[C@@H]2CO[C@@H](O[C@H]3CC[C@]4(C)C5=C(CC[C@H]4C3)C3CC[C@H](C(C)CC(=O)CC(C)(C)O)[C@@]3(C)CC5)[C@H](O[C@@H]3O[C@H](CO[C@@H]4O[C@H](CO)[C@@H](O)[C@H](O)[C@H]4O[C@@H]4O[C@H](CO)[C@@H](O)[C@H](O)[C@H]4O)[C@@H](NC(C)=O)[C@H](O)[C@H]3O)[C@H]2O)O[C@H](CO)[C@H](O)[C@@H]1O. The summed E-state index contributed by atoms with van der Waals surface area (Å²) in [5.74, 6) is -0.167. The molecule has 0 spiro atoms. The summed E-state index contributed by atoms with van der Waals surface area (Å²) in [5.41, 5.74) is 1.86. The second kappa shape index (κ2) is 28.8. The van der Waals surface area contributed by atoms with Gasteiger partial charge in [0, 0.05) is 26.7 Å². The van der Waals surface area contributed by atoms with Gasteiger partial charge in [-0.25, -0.2) is 0 Å². The third-order valence-corrected chi connectivity index (χ3v) is 20.9. The summed E-state index contributed by atoms with van der Waals surface area (Å²) in [4.78, 5) is 38.2. The lowest BCUT2D eigenvalue weighted by molar-refractivity contribution is -0.379. The molecule has 0 aromatic heterocycles. The minimum Gasteiger partial charge on any atom is -0.394 e. The highest BCUT2D eigenvalue weighted by Crippen LogP contribution is 2.66. The zero-order valence-electron chi connectivity index (χ0n) is 51.6. The molecule has 2 unspecified atom stereocenters. The predicted octanol–water partition coefficient (Wildman–Crippen LogP) is -4.13. The molecule has 5 saturated heterocycles. The number of ketones is 1. The van der Waals surface area contributed by atoms with Gasteiger partial charge in [-0.2, -0.15) is 0 Å². The summed E-state index contributed by atoms with van der Waals surface area (Å²) in [6.45, 7) is 8.84. The van der Waals surface area contributed by atoms with E-state index in [0.29, 0.717) is 31.1 Å². The van der Waals surface area contributed by atoms with E-state index in [4.69, 9.17) is 47.4 Å². The van der Waals surface area contributed by atoms with Crippen molar-refractivity contribution in [2.45, 2.75) is 278 Å². The van der Waals surface area contributed by atoms with Crippen molar-refractivity contribution in [2.75, 3.05) is 33.0 Å². The molecule has 0 radical (unpaired) electrons. The molecule has 2 amide bonds. The summed E-state index contributed by atoms with van der Waals surface area (Å²) in [5, 5.41) is 157. The standard InChI is InChI=1S/C60H98N2O27/c1-24(16-28(68)18-58(4,5)79)31-10-11-32-30-9-8-27-17-29(12-14-59(27,6)33(30)13-15-60(31,32)7)82-56-51(44(72)38(23-81-56)87-53-40(62-26(3)67)46(74)41(69)34(19-63)83-53)88-54-49(77)45(73)39(61-25(2)66)37(86-54)22-80-57-52(48(76)43(71)36(21-65)85-57)89-55-50(78)47(75)42(70)35(20-64)84-55/h24,27,29,31-32,34-57,63-65,69-79H,8-23H2,1-7H3,(H,61,66)(H,62,67)/t24?,27-,29-,31+,32?,34+,35+,36+,37+,38+,39+,40+,41-,42+,43+,44-,45-,46+,47-,48-,49+,50+,51+,52+,53-,54-,55-,56-,57+,59-,60+/m0/s1. The number of hydrogen-bond donors (Lipinski definition) is 16. The van der Waals surface area contributed by atoms with Gasteiger partial charge in [-0.3, -0.25) is 14.4 Å². The molecule has 0 aromatic rings. The summed E-state index contributed by atoms with van der Waals surface area (Å²) >= 11 is 0. The zero-order valence-corrected chi connectivity index (χ0v) is 51.6. The van der Waals surface area contributed by atoms with Gasteiger partial charge in [0.05, 0.1) is 50.8 Å². The minimum absolute atomic E-state index is 0.0333. The van der Waals surface area contributed by atoms with E-state index in [-0.39, 0.29) is 34.9 Å². The molecule has 29 nitrogen and oxygen atoms in total. The Labute approximate surface area is 516 Å². The van der Waals surface area contributed by atoms with Gasteiger partial charge in [0.15, 0.2) is 31.5 Å². The Morgan fingerprint density at radius 2 is 1.16 bits per heavy atom. The van der Waals surface area contributed by atoms with Crippen LogP contribution in [0.5, 0.6) is 0 Å². The van der Waals surface area contributed by atoms with Gasteiger partial charge in [-0.05, 0) is 106 Å². The first-order valence-corrected chi connectivity index (χ1v) is 31.5. The number of Topliss-reactive ketones (excluding diaryl/α,β-unsaturated/α-hetero) is 1. The maximum absolute atomic E-state index is 13.1. The van der Waals surface area contributed by atoms with Gasteiger partial charge >= 0.3 is 0 Å². The molecule has 2 saturated carbocycles. The lowest BCUT2D eigenvalue weighted by Gasteiger charge is -2.55. The lowest BCUT2D eigenvalue weighted by atomic mass is 9.50. The van der Waals surface area contributed by atoms with Crippen molar-refractivity contribution in [3.63, 3.8) is 0 Å². The Morgan fingerprint density at radius 1 is 0.607 bits per heavy atom. The molecule has 9 aliphatic rings. The first-order valence-electron chi connectivity index (χ1n) is 31.5. The average molecular weight is 1280 g/mol. The first-order chi connectivity index (χ1) is 41.9. The molecule has 5 aliphatic heterocycles. The van der Waals surface area contributed by atoms with Crippen LogP contribution in [0.15, 0.2) is 11.1 Å². The van der Waals surface area contributed by atoms with E-state index in [0.717, 1.165) is 58.8 Å². The number of carbonyl (C=O) groups is 3. The van der Waals surface area contributed by atoms with Crippen LogP contribution in [0, 0.1) is 34.5 Å². The first kappa shape index (κ1) is 70.7. The topological polar surface area (TPSA) is 451 Å². The summed E-state index contributed by atoms with van der Waals surface area (Å²) in [7, 11) is 0. The Bertz CT molecular complexity index is 2440. The maximum atomic E-state index is 13.1. The largest absolute Gasteiger partial charge is 0.394 e. The summed E-state index contributed by atoms with van der Waals surface area (Å²) in [6.07, 6.45) is -30.6. The number of hydrogen-bond acceptors (Lipinski definition) is 27. The highest BCUT2D eigenvalue weighted by Gasteiger charge is 2.59. The van der Waals surface area contributed by atoms with Crippen LogP contribution in [0.4, 0.5) is 0 Å². The van der Waals surface area contributed by atoms with E-state index in [1.165, 1.54) is 5.57 Å². The van der Waals surface area contributed by atoms with Crippen LogP contribution in [0.3, 0.4) is 0 Å². The van der Waals surface area contributed by atoms with Crippen molar-refractivity contribution >= 4 is 17.6 Å². The number of allylic oxidation sites excluding steroid dienone is 2. The normalized spacial score (nSPS) is 47.3. The van der Waals surface area contributed by atoms with Gasteiger partial charge in [-0.15, -0.1) is 0 Å². The highest BCUT2D eigenvalue weighted by molar-refractivity contribution is 5.79. The third kappa shape index (κ3) is 14.8. The summed E-state index contributed by atoms with van der Waals surface area (Å²) < 4.78 is 61.2. The molecule has 16 N–H and O–H groups in total. The lowest BCUT2D eigenvalue weighted by Crippen LogP contribution is -2.68. The number of ether oxygens (including phenoxy) is 10. The minimum atomic E-state index is -2.02. The average Bonchev–Trinajstić information content (AvgIpc) is 1.78. The fourth-order valence-electron chi connectivity index (χ4n) is 16.3. The number of fused-ring (bicyclic) bond motifs is 4. The predicted molar refractivity (Wildman–Crippen MR) is 301 cm³/mol. The third-order valence-electron chi connectivity index (χ3n) is 20.9. The Morgan fingerprint density at radius 3 is 1.78 bits per heavy atom. The van der Waals surface area contributed by atoms with E-state index in [9.17, 15) is 85.9 Å². The molecule has 4 aliphatic carbocycles. The zero-order chi connectivity index (χ0) is 64.9. The number of aliphatic hydroxyl groups is 14. The van der Waals surface area contributed by atoms with Crippen molar-refractivity contribution in [3.05, 3.63) is 11.1 Å². The van der Waals surface area contributed by atoms with Crippen molar-refractivity contribution in [3.8, 4) is 0 Å². The Hall–Kier alpha value is -2.61. The summed E-state index contributed by atoms with van der Waals surface area (Å²) in [6, 6.07) is -2.95. The van der Waals surface area contributed by atoms with E-state index in [1.807, 2.05) is 0 Å². The van der Waals surface area contributed by atoms with Gasteiger partial charge in [0.1, 0.15) is 116 Å². The van der Waals surface area contributed by atoms with Crippen molar-refractivity contribution in [2.24, 2.45) is 34.5 Å². The van der Waals surface area contributed by atoms with Crippen LogP contribution in [0.2, 0.25) is 0 Å². The van der Waals surface area contributed by atoms with Gasteiger partial charge in [0.2, 0.25) is 11.8 Å². The fourth-order valence-corrected chi connectivity index (χ4v) is 16.3. The number of nitrogens with one attached hydrogen (secondary N) is 2. The fraction of sp³-hybridized carbons (Fsp3) is 0.917. The molecule has 0 bridgehead atoms. The van der Waals surface area contributed by atoms with Gasteiger partial charge in [0.25, 0.3) is 0 Å². The highest BCUT2D eigenvalue weighted by atomic mass is 16.8. The smallest absolute Gasteiger partial charge is 0.217 e. The maximum Gasteiger partial charge on any atom is 0.217 e. The van der Waals surface area contributed by atoms with Crippen molar-refractivity contribution in [1.82, 2.24) is 10.6 Å². The number of amides is 2. The van der Waals surface area contributed by atoms with Crippen LogP contribution in [0.25, 0.3) is 0 Å². The van der Waals surface area contributed by atoms with Crippen molar-refractivity contribution in [1.29, 1.82) is 0 Å². The van der Waals surface area contributed by atoms with Crippen LogP contribution >= 0.6 is 0 Å². The van der Waals surface area contributed by atoms with Crippen LogP contribution in [-0.2, 0) is 61.8 Å². The van der Waals surface area contributed by atoms with Crippen LogP contribution < -0.4 is 10.6 Å². The van der Waals surface area contributed by atoms with E-state index in [2.05, 4.69) is 31.4 Å². The van der Waals surface area contributed by atoms with E-state index < -0.39 is 204 Å². The Kier molecular flexibility index (Phi) is 22.9. The second-order valence-corrected chi connectivity index (χ2v) is 27.6. The molecular weight excluding hydrogens is 1180 g/mol. The van der Waals surface area contributed by atoms with E-state index in [1.54, 1.807) is 19.4 Å². The molecule has 29 heteroatoms. The molecule has 7 fully saturated rings. The number of carbonyl (C=O) groups excluding carboxylic acids is 3. The van der Waals surface area contributed by atoms with Crippen LogP contribution in [0.1, 0.15) is 119 Å². The number of aliphatic hydroxyl groups excluding tert-OH is 13. The monoisotopic (exact) mass is 1280 g/mol. The van der Waals surface area contributed by atoms with Crippen LogP contribution in [-0.4, -0.2) is 281 Å². The molecule has 510 valence electrons. The van der Waals surface area contributed by atoms with Gasteiger partial charge in [-0.1, -0.05) is 31.9 Å². The second-order valence-electron chi connectivity index (χ2n) is 27.6. The molecule has 0 aromatic carbocycles. The molecular formula is C60H98N2O27. The van der Waals surface area contributed by atoms with E-state index >= 15 is 0 Å². The number of rotatable bonds is 21. The molecule has 5 heterocycles. The van der Waals surface area contributed by atoms with Gasteiger partial charge < -0.3 is 129 Å². The molecule has 89 heavy (non-hydrogen) atoms. The Balaban J connectivity index is 0.950.